The molecule has 1 heteroatoms. The number of hydrogen-bond acceptors (Lipinski definition) is 1. The summed E-state index contributed by atoms with van der Waals surface area (Å²) in [6, 6.07) is 7.48. The normalized spacial score (nSPS) is 9.42. The van der Waals surface area contributed by atoms with Gasteiger partial charge in [-0.1, -0.05) is 43.0 Å². The van der Waals surface area contributed by atoms with Crippen molar-refractivity contribution in [3.63, 3.8) is 0 Å². The molecule has 0 bridgehead atoms. The molecule has 1 aromatic carbocycles. The molecule has 0 saturated carbocycles. The van der Waals surface area contributed by atoms with Crippen LogP contribution in [-0.2, 0) is 0 Å². The van der Waals surface area contributed by atoms with Crippen molar-refractivity contribution in [1.29, 1.82) is 0 Å². The standard InChI is InChI=1S/C11H12O/c1-8(2)10-4-6-11(7-5-10)9(3)12/h4-7,12H,1,3H2,2H3. The van der Waals surface area contributed by atoms with Crippen molar-refractivity contribution in [2.75, 3.05) is 0 Å². The Labute approximate surface area is 72.7 Å². The summed E-state index contributed by atoms with van der Waals surface area (Å²) in [7, 11) is 0. The van der Waals surface area contributed by atoms with Gasteiger partial charge < -0.3 is 5.11 Å². The van der Waals surface area contributed by atoms with Gasteiger partial charge in [-0.15, -0.1) is 0 Å². The summed E-state index contributed by atoms with van der Waals surface area (Å²) in [4.78, 5) is 0. The predicted octanol–water partition coefficient (Wildman–Crippen LogP) is 3.25. The summed E-state index contributed by atoms with van der Waals surface area (Å²) in [5.74, 6) is 0.100. The average molecular weight is 160 g/mol. The fourth-order valence-electron chi connectivity index (χ4n) is 0.947. The number of aliphatic hydroxyl groups excluding tert-OH is 1. The molecule has 62 valence electrons. The topological polar surface area (TPSA) is 20.2 Å². The van der Waals surface area contributed by atoms with Crippen molar-refractivity contribution in [3.05, 3.63) is 48.6 Å². The summed E-state index contributed by atoms with van der Waals surface area (Å²) in [6.45, 7) is 9.20. The first-order valence-corrected chi connectivity index (χ1v) is 3.75. The van der Waals surface area contributed by atoms with Crippen LogP contribution < -0.4 is 0 Å². The third-order valence-corrected chi connectivity index (χ3v) is 1.71. The van der Waals surface area contributed by atoms with E-state index in [4.69, 9.17) is 5.11 Å². The van der Waals surface area contributed by atoms with Crippen molar-refractivity contribution >= 4 is 11.3 Å². The molecular weight excluding hydrogens is 148 g/mol. The van der Waals surface area contributed by atoms with Crippen molar-refractivity contribution < 1.29 is 5.11 Å². The van der Waals surface area contributed by atoms with Gasteiger partial charge in [0.1, 0.15) is 5.76 Å². The van der Waals surface area contributed by atoms with Crippen LogP contribution in [0.25, 0.3) is 11.3 Å². The Balaban J connectivity index is 3.01. The molecule has 1 rings (SSSR count). The second-order valence-corrected chi connectivity index (χ2v) is 2.80. The summed E-state index contributed by atoms with van der Waals surface area (Å²) < 4.78 is 0. The van der Waals surface area contributed by atoms with Crippen LogP contribution in [0.15, 0.2) is 37.4 Å². The highest BCUT2D eigenvalue weighted by Crippen LogP contribution is 2.15. The van der Waals surface area contributed by atoms with Crippen molar-refractivity contribution in [3.8, 4) is 0 Å². The van der Waals surface area contributed by atoms with Gasteiger partial charge in [-0.25, -0.2) is 0 Å². The maximum Gasteiger partial charge on any atom is 0.115 e. The zero-order chi connectivity index (χ0) is 9.14. The molecule has 0 aliphatic heterocycles. The van der Waals surface area contributed by atoms with E-state index >= 15 is 0 Å². The minimum absolute atomic E-state index is 0.100. The fraction of sp³-hybridized carbons (Fsp3) is 0.0909. The Kier molecular flexibility index (Phi) is 2.34. The fourth-order valence-corrected chi connectivity index (χ4v) is 0.947. The Hall–Kier alpha value is -1.50. The summed E-state index contributed by atoms with van der Waals surface area (Å²) in [5.41, 5.74) is 2.85. The predicted molar refractivity (Wildman–Crippen MR) is 52.8 cm³/mol. The number of aliphatic hydroxyl groups is 1. The van der Waals surface area contributed by atoms with E-state index in [0.29, 0.717) is 0 Å². The zero-order valence-corrected chi connectivity index (χ0v) is 7.17. The zero-order valence-electron chi connectivity index (χ0n) is 7.17. The maximum absolute atomic E-state index is 9.04. The lowest BCUT2D eigenvalue weighted by Crippen LogP contribution is -1.82. The van der Waals surface area contributed by atoms with Gasteiger partial charge in [-0.3, -0.25) is 0 Å². The molecule has 0 saturated heterocycles. The number of benzene rings is 1. The molecule has 0 aliphatic rings. The lowest BCUT2D eigenvalue weighted by atomic mass is 10.1. The maximum atomic E-state index is 9.04. The summed E-state index contributed by atoms with van der Waals surface area (Å²) in [5, 5.41) is 9.04. The van der Waals surface area contributed by atoms with Crippen LogP contribution in [0.3, 0.4) is 0 Å². The molecule has 0 atom stereocenters. The molecule has 0 fully saturated rings. The molecule has 0 aliphatic carbocycles. The SMILES string of the molecule is C=C(C)c1ccc(C(=C)O)cc1. The first-order chi connectivity index (χ1) is 5.61. The summed E-state index contributed by atoms with van der Waals surface area (Å²) >= 11 is 0. The first-order valence-electron chi connectivity index (χ1n) is 3.75. The second-order valence-electron chi connectivity index (χ2n) is 2.80. The highest BCUT2D eigenvalue weighted by Gasteiger charge is 1.96. The Morgan fingerprint density at radius 3 is 1.83 bits per heavy atom. The highest BCUT2D eigenvalue weighted by atomic mass is 16.3. The minimum atomic E-state index is 0.100. The van der Waals surface area contributed by atoms with Crippen LogP contribution in [0.5, 0.6) is 0 Å². The monoisotopic (exact) mass is 160 g/mol. The number of rotatable bonds is 2. The molecule has 0 amide bonds. The Bertz CT molecular complexity index is 273. The smallest absolute Gasteiger partial charge is 0.115 e. The molecule has 0 spiro atoms. The van der Waals surface area contributed by atoms with E-state index in [1.165, 1.54) is 0 Å². The van der Waals surface area contributed by atoms with Gasteiger partial charge in [0.05, 0.1) is 0 Å². The van der Waals surface area contributed by atoms with E-state index in [1.54, 1.807) is 0 Å². The van der Waals surface area contributed by atoms with E-state index in [9.17, 15) is 0 Å². The molecule has 0 unspecified atom stereocenters. The van der Waals surface area contributed by atoms with E-state index in [1.807, 2.05) is 31.2 Å². The van der Waals surface area contributed by atoms with Crippen molar-refractivity contribution in [2.45, 2.75) is 6.92 Å². The van der Waals surface area contributed by atoms with E-state index in [0.717, 1.165) is 16.7 Å². The third kappa shape index (κ3) is 1.76. The van der Waals surface area contributed by atoms with Gasteiger partial charge in [-0.2, -0.15) is 0 Å². The Morgan fingerprint density at radius 2 is 1.50 bits per heavy atom. The average Bonchev–Trinajstić information content (AvgIpc) is 2.04. The summed E-state index contributed by atoms with van der Waals surface area (Å²) in [6.07, 6.45) is 0. The Morgan fingerprint density at radius 1 is 1.08 bits per heavy atom. The quantitative estimate of drug-likeness (QED) is 0.658. The molecule has 1 nitrogen and oxygen atoms in total. The number of hydrogen-bond donors (Lipinski definition) is 1. The van der Waals surface area contributed by atoms with Crippen LogP contribution in [0.1, 0.15) is 18.1 Å². The molecule has 0 aromatic heterocycles. The molecule has 1 aromatic rings. The van der Waals surface area contributed by atoms with Gasteiger partial charge in [0, 0.05) is 5.56 Å². The lowest BCUT2D eigenvalue weighted by Gasteiger charge is -2.01. The van der Waals surface area contributed by atoms with Gasteiger partial charge in [0.15, 0.2) is 0 Å². The molecular formula is C11H12O. The highest BCUT2D eigenvalue weighted by molar-refractivity contribution is 5.64. The largest absolute Gasteiger partial charge is 0.508 e. The van der Waals surface area contributed by atoms with Crippen LogP contribution in [0.2, 0.25) is 0 Å². The van der Waals surface area contributed by atoms with E-state index in [-0.39, 0.29) is 5.76 Å². The molecule has 1 N–H and O–H groups in total. The minimum Gasteiger partial charge on any atom is -0.508 e. The van der Waals surface area contributed by atoms with Crippen LogP contribution in [0, 0.1) is 0 Å². The number of allylic oxidation sites excluding steroid dienone is 1. The van der Waals surface area contributed by atoms with Gasteiger partial charge in [0.2, 0.25) is 0 Å². The third-order valence-electron chi connectivity index (χ3n) is 1.71. The molecule has 0 heterocycles. The van der Waals surface area contributed by atoms with Crippen molar-refractivity contribution in [1.82, 2.24) is 0 Å². The van der Waals surface area contributed by atoms with Crippen LogP contribution in [0.4, 0.5) is 0 Å². The first kappa shape index (κ1) is 8.60. The van der Waals surface area contributed by atoms with E-state index < -0.39 is 0 Å². The van der Waals surface area contributed by atoms with Crippen LogP contribution >= 0.6 is 0 Å². The second kappa shape index (κ2) is 3.26. The molecule has 0 radical (unpaired) electrons. The van der Waals surface area contributed by atoms with Crippen LogP contribution in [-0.4, -0.2) is 5.11 Å². The van der Waals surface area contributed by atoms with Gasteiger partial charge in [-0.05, 0) is 12.5 Å². The lowest BCUT2D eigenvalue weighted by molar-refractivity contribution is 0.514. The van der Waals surface area contributed by atoms with E-state index in [2.05, 4.69) is 13.2 Å². The molecule has 12 heavy (non-hydrogen) atoms. The van der Waals surface area contributed by atoms with Gasteiger partial charge in [0.25, 0.3) is 0 Å². The van der Waals surface area contributed by atoms with Crippen molar-refractivity contribution in [2.24, 2.45) is 0 Å². The van der Waals surface area contributed by atoms with Gasteiger partial charge >= 0.3 is 0 Å².